The Bertz CT molecular complexity index is 804. The molecule has 1 aromatic carbocycles. The Morgan fingerprint density at radius 2 is 1.91 bits per heavy atom. The number of ether oxygens (including phenoxy) is 1. The maximum atomic E-state index is 5.70. The summed E-state index contributed by atoms with van der Waals surface area (Å²) >= 11 is 0. The van der Waals surface area contributed by atoms with Gasteiger partial charge in [-0.15, -0.1) is 0 Å². The number of benzene rings is 1. The molecule has 0 bridgehead atoms. The third-order valence-corrected chi connectivity index (χ3v) is 3.56. The third kappa shape index (κ3) is 3.31. The van der Waals surface area contributed by atoms with Gasteiger partial charge in [0.1, 0.15) is 23.7 Å². The number of anilines is 2. The Hall–Kier alpha value is -2.89. The second kappa shape index (κ2) is 6.48. The molecule has 0 aliphatic carbocycles. The summed E-state index contributed by atoms with van der Waals surface area (Å²) in [5, 5.41) is 4.25. The molecular formula is C17H19N5O. The number of hydrogen-bond acceptors (Lipinski definition) is 6. The summed E-state index contributed by atoms with van der Waals surface area (Å²) in [5.74, 6) is 2.06. The van der Waals surface area contributed by atoms with Crippen LogP contribution >= 0.6 is 0 Å². The van der Waals surface area contributed by atoms with E-state index in [1.54, 1.807) is 6.07 Å². The van der Waals surface area contributed by atoms with Crippen LogP contribution in [0.3, 0.4) is 0 Å². The van der Waals surface area contributed by atoms with Gasteiger partial charge in [0.15, 0.2) is 5.65 Å². The second-order valence-electron chi connectivity index (χ2n) is 5.20. The van der Waals surface area contributed by atoms with Gasteiger partial charge in [0, 0.05) is 6.04 Å². The lowest BCUT2D eigenvalue weighted by molar-refractivity contribution is 0.340. The zero-order chi connectivity index (χ0) is 16.2. The van der Waals surface area contributed by atoms with Crippen molar-refractivity contribution in [2.24, 2.45) is 0 Å². The lowest BCUT2D eigenvalue weighted by Gasteiger charge is -2.16. The number of pyridine rings is 1. The summed E-state index contributed by atoms with van der Waals surface area (Å²) in [6.07, 6.45) is 1.49. The highest BCUT2D eigenvalue weighted by atomic mass is 16.5. The first-order chi connectivity index (χ1) is 11.2. The molecule has 1 atom stereocenters. The van der Waals surface area contributed by atoms with E-state index in [1.165, 1.54) is 6.33 Å². The van der Waals surface area contributed by atoms with Crippen LogP contribution in [0.4, 0.5) is 11.6 Å². The molecule has 6 nitrogen and oxygen atoms in total. The van der Waals surface area contributed by atoms with Crippen LogP contribution in [-0.2, 0) is 0 Å². The van der Waals surface area contributed by atoms with E-state index in [4.69, 9.17) is 10.5 Å². The van der Waals surface area contributed by atoms with Gasteiger partial charge in [-0.05, 0) is 43.7 Å². The van der Waals surface area contributed by atoms with Crippen LogP contribution in [0.5, 0.6) is 5.75 Å². The fraction of sp³-hybridized carbons (Fsp3) is 0.235. The van der Waals surface area contributed by atoms with Crippen molar-refractivity contribution in [2.75, 3.05) is 17.7 Å². The summed E-state index contributed by atoms with van der Waals surface area (Å²) in [6.45, 7) is 4.71. The molecule has 3 rings (SSSR count). The van der Waals surface area contributed by atoms with E-state index in [0.717, 1.165) is 22.5 Å². The smallest absolute Gasteiger partial charge is 0.166 e. The van der Waals surface area contributed by atoms with Gasteiger partial charge >= 0.3 is 0 Å². The van der Waals surface area contributed by atoms with Crippen molar-refractivity contribution in [1.29, 1.82) is 0 Å². The van der Waals surface area contributed by atoms with Crippen molar-refractivity contribution < 1.29 is 4.74 Å². The van der Waals surface area contributed by atoms with Crippen LogP contribution in [0.1, 0.15) is 25.5 Å². The fourth-order valence-corrected chi connectivity index (χ4v) is 2.38. The van der Waals surface area contributed by atoms with Crippen molar-refractivity contribution in [2.45, 2.75) is 19.9 Å². The Balaban J connectivity index is 1.83. The molecule has 3 N–H and O–H groups in total. The average molecular weight is 309 g/mol. The second-order valence-corrected chi connectivity index (χ2v) is 5.20. The molecule has 0 saturated carbocycles. The van der Waals surface area contributed by atoms with Crippen molar-refractivity contribution in [3.05, 3.63) is 48.3 Å². The Morgan fingerprint density at radius 1 is 1.13 bits per heavy atom. The quantitative estimate of drug-likeness (QED) is 0.753. The van der Waals surface area contributed by atoms with Crippen molar-refractivity contribution in [3.8, 4) is 5.75 Å². The van der Waals surface area contributed by atoms with Crippen LogP contribution in [0.15, 0.2) is 42.7 Å². The minimum Gasteiger partial charge on any atom is -0.494 e. The van der Waals surface area contributed by atoms with Crippen LogP contribution in [-0.4, -0.2) is 21.6 Å². The molecule has 0 radical (unpaired) electrons. The number of nitrogens with two attached hydrogens (primary N) is 1. The third-order valence-electron chi connectivity index (χ3n) is 3.56. The molecule has 3 aromatic rings. The first-order valence-corrected chi connectivity index (χ1v) is 7.54. The van der Waals surface area contributed by atoms with Crippen molar-refractivity contribution in [1.82, 2.24) is 15.0 Å². The van der Waals surface area contributed by atoms with Gasteiger partial charge in [-0.1, -0.05) is 12.1 Å². The zero-order valence-electron chi connectivity index (χ0n) is 13.2. The van der Waals surface area contributed by atoms with Gasteiger partial charge in [-0.25, -0.2) is 15.0 Å². The van der Waals surface area contributed by atoms with E-state index in [-0.39, 0.29) is 6.04 Å². The van der Waals surface area contributed by atoms with Gasteiger partial charge in [0.2, 0.25) is 0 Å². The lowest BCUT2D eigenvalue weighted by atomic mass is 10.1. The highest BCUT2D eigenvalue weighted by Crippen LogP contribution is 2.24. The molecule has 0 aliphatic heterocycles. The molecule has 0 aliphatic rings. The molecule has 0 saturated heterocycles. The van der Waals surface area contributed by atoms with Crippen LogP contribution in [0, 0.1) is 0 Å². The summed E-state index contributed by atoms with van der Waals surface area (Å²) < 4.78 is 5.47. The maximum absolute atomic E-state index is 5.70. The minimum atomic E-state index is 0.0846. The lowest BCUT2D eigenvalue weighted by Crippen LogP contribution is -2.09. The van der Waals surface area contributed by atoms with Gasteiger partial charge in [0.25, 0.3) is 0 Å². The molecule has 118 valence electrons. The number of hydrogen-bond donors (Lipinski definition) is 2. The summed E-state index contributed by atoms with van der Waals surface area (Å²) in [5.41, 5.74) is 7.43. The Morgan fingerprint density at radius 3 is 2.65 bits per heavy atom. The number of nitrogen functional groups attached to an aromatic ring is 1. The Labute approximate surface area is 134 Å². The first kappa shape index (κ1) is 15.0. The summed E-state index contributed by atoms with van der Waals surface area (Å²) in [6, 6.07) is 11.7. The van der Waals surface area contributed by atoms with E-state index >= 15 is 0 Å². The average Bonchev–Trinajstić information content (AvgIpc) is 2.55. The van der Waals surface area contributed by atoms with Crippen molar-refractivity contribution in [3.63, 3.8) is 0 Å². The van der Waals surface area contributed by atoms with E-state index < -0.39 is 0 Å². The molecule has 0 spiro atoms. The molecule has 2 aromatic heterocycles. The monoisotopic (exact) mass is 309 g/mol. The van der Waals surface area contributed by atoms with E-state index in [2.05, 4.69) is 27.2 Å². The minimum absolute atomic E-state index is 0.0846. The predicted octanol–water partition coefficient (Wildman–Crippen LogP) is 3.18. The van der Waals surface area contributed by atoms with Gasteiger partial charge in [-0.2, -0.15) is 0 Å². The fourth-order valence-electron chi connectivity index (χ4n) is 2.38. The van der Waals surface area contributed by atoms with Crippen LogP contribution < -0.4 is 15.8 Å². The van der Waals surface area contributed by atoms with Gasteiger partial charge in [-0.3, -0.25) is 0 Å². The molecule has 6 heteroatoms. The topological polar surface area (TPSA) is 86.0 Å². The first-order valence-electron chi connectivity index (χ1n) is 7.54. The molecule has 1 unspecified atom stereocenters. The molecular weight excluding hydrogens is 290 g/mol. The molecule has 0 fully saturated rings. The highest BCUT2D eigenvalue weighted by molar-refractivity contribution is 5.87. The highest BCUT2D eigenvalue weighted by Gasteiger charge is 2.10. The largest absolute Gasteiger partial charge is 0.494 e. The Kier molecular flexibility index (Phi) is 4.23. The normalized spacial score (nSPS) is 12.1. The molecule has 0 amide bonds. The maximum Gasteiger partial charge on any atom is 0.166 e. The standard InChI is InChI=1S/C17H19N5O/c1-3-23-13-6-4-12(5-7-13)11(2)21-16-14-8-9-15(18)22-17(14)20-10-19-16/h4-11H,3H2,1-2H3,(H3,18,19,20,21,22). The molecule has 2 heterocycles. The number of rotatable bonds is 5. The van der Waals surface area contributed by atoms with Crippen LogP contribution in [0.25, 0.3) is 11.0 Å². The van der Waals surface area contributed by atoms with E-state index in [0.29, 0.717) is 18.1 Å². The number of nitrogens with one attached hydrogen (secondary N) is 1. The van der Waals surface area contributed by atoms with Gasteiger partial charge < -0.3 is 15.8 Å². The van der Waals surface area contributed by atoms with Gasteiger partial charge in [0.05, 0.1) is 12.0 Å². The predicted molar refractivity (Wildman–Crippen MR) is 91.4 cm³/mol. The SMILES string of the molecule is CCOc1ccc(C(C)Nc2ncnc3nc(N)ccc23)cc1. The zero-order valence-corrected chi connectivity index (χ0v) is 13.2. The number of aromatic nitrogens is 3. The number of fused-ring (bicyclic) bond motifs is 1. The summed E-state index contributed by atoms with van der Waals surface area (Å²) in [7, 11) is 0. The van der Waals surface area contributed by atoms with E-state index in [9.17, 15) is 0 Å². The van der Waals surface area contributed by atoms with Crippen LogP contribution in [0.2, 0.25) is 0 Å². The molecule has 23 heavy (non-hydrogen) atoms. The van der Waals surface area contributed by atoms with E-state index in [1.807, 2.05) is 37.3 Å². The summed E-state index contributed by atoms with van der Waals surface area (Å²) in [4.78, 5) is 12.7. The van der Waals surface area contributed by atoms with Crippen molar-refractivity contribution >= 4 is 22.7 Å². The number of nitrogens with zero attached hydrogens (tertiary/aromatic N) is 3.